The first-order chi connectivity index (χ1) is 18.0. The number of nitrogens with zero attached hydrogens (tertiary/aromatic N) is 1. The summed E-state index contributed by atoms with van der Waals surface area (Å²) in [5, 5.41) is 2.67. The van der Waals surface area contributed by atoms with Gasteiger partial charge in [-0.15, -0.1) is 0 Å². The van der Waals surface area contributed by atoms with Crippen LogP contribution < -0.4 is 15.0 Å². The first-order valence-corrected chi connectivity index (χ1v) is 12.3. The van der Waals surface area contributed by atoms with E-state index in [1.54, 1.807) is 36.4 Å². The van der Waals surface area contributed by atoms with E-state index in [1.807, 2.05) is 30.3 Å². The first-order valence-electron chi connectivity index (χ1n) is 12.3. The van der Waals surface area contributed by atoms with Gasteiger partial charge >= 0.3 is 5.97 Å². The van der Waals surface area contributed by atoms with Gasteiger partial charge in [0.1, 0.15) is 11.5 Å². The molecule has 0 bridgehead atoms. The maximum absolute atomic E-state index is 12.9. The van der Waals surface area contributed by atoms with E-state index in [1.165, 1.54) is 17.0 Å². The molecule has 5 rings (SSSR count). The van der Waals surface area contributed by atoms with Crippen molar-refractivity contribution >= 4 is 35.1 Å². The van der Waals surface area contributed by atoms with Crippen molar-refractivity contribution in [2.45, 2.75) is 25.7 Å². The Bertz CT molecular complexity index is 1300. The van der Waals surface area contributed by atoms with E-state index >= 15 is 0 Å². The van der Waals surface area contributed by atoms with Gasteiger partial charge in [0, 0.05) is 5.69 Å². The molecular formula is C29H26N2O6. The zero-order chi connectivity index (χ0) is 25.8. The second-order valence-electron chi connectivity index (χ2n) is 9.12. The van der Waals surface area contributed by atoms with E-state index in [-0.39, 0.29) is 29.2 Å². The van der Waals surface area contributed by atoms with E-state index in [0.717, 1.165) is 12.8 Å². The van der Waals surface area contributed by atoms with E-state index in [0.29, 0.717) is 35.7 Å². The maximum atomic E-state index is 12.9. The van der Waals surface area contributed by atoms with Crippen molar-refractivity contribution in [3.05, 3.63) is 84.4 Å². The molecule has 3 aromatic carbocycles. The Morgan fingerprint density at radius 2 is 1.46 bits per heavy atom. The number of carbonyl (C=O) groups excluding carboxylic acids is 4. The van der Waals surface area contributed by atoms with Crippen molar-refractivity contribution in [1.29, 1.82) is 0 Å². The Hall–Kier alpha value is -4.46. The fourth-order valence-corrected chi connectivity index (χ4v) is 4.83. The van der Waals surface area contributed by atoms with Crippen LogP contribution in [0.25, 0.3) is 0 Å². The Labute approximate surface area is 214 Å². The van der Waals surface area contributed by atoms with Crippen LogP contribution >= 0.6 is 0 Å². The molecule has 37 heavy (non-hydrogen) atoms. The number of hydrogen-bond acceptors (Lipinski definition) is 6. The summed E-state index contributed by atoms with van der Waals surface area (Å²) in [6, 6.07) is 22.3. The topological polar surface area (TPSA) is 102 Å². The highest BCUT2D eigenvalue weighted by molar-refractivity contribution is 6.22. The summed E-state index contributed by atoms with van der Waals surface area (Å²) in [4.78, 5) is 51.8. The van der Waals surface area contributed by atoms with Crippen LogP contribution in [0, 0.1) is 11.8 Å². The van der Waals surface area contributed by atoms with Gasteiger partial charge in [-0.05, 0) is 67.4 Å². The van der Waals surface area contributed by atoms with E-state index in [2.05, 4.69) is 5.32 Å². The fraction of sp³-hybridized carbons (Fsp3) is 0.241. The maximum Gasteiger partial charge on any atom is 0.338 e. The largest absolute Gasteiger partial charge is 0.457 e. The monoisotopic (exact) mass is 498 g/mol. The average Bonchev–Trinajstić information content (AvgIpc) is 3.19. The highest BCUT2D eigenvalue weighted by Crippen LogP contribution is 2.40. The van der Waals surface area contributed by atoms with Gasteiger partial charge in [0.15, 0.2) is 6.61 Å². The lowest BCUT2D eigenvalue weighted by molar-refractivity contribution is -0.122. The summed E-state index contributed by atoms with van der Waals surface area (Å²) in [6.45, 7) is -0.489. The second-order valence-corrected chi connectivity index (χ2v) is 9.12. The van der Waals surface area contributed by atoms with Crippen molar-refractivity contribution in [2.24, 2.45) is 11.8 Å². The van der Waals surface area contributed by atoms with Crippen LogP contribution in [-0.4, -0.2) is 30.3 Å². The summed E-state index contributed by atoms with van der Waals surface area (Å²) in [7, 11) is 0. The molecule has 2 atom stereocenters. The predicted octanol–water partition coefficient (Wildman–Crippen LogP) is 4.95. The van der Waals surface area contributed by atoms with Crippen LogP contribution in [0.1, 0.15) is 36.0 Å². The number of ether oxygens (including phenoxy) is 2. The van der Waals surface area contributed by atoms with E-state index in [9.17, 15) is 19.2 Å². The number of amides is 3. The summed E-state index contributed by atoms with van der Waals surface area (Å²) in [5.74, 6) is -0.884. The molecule has 1 N–H and O–H groups in total. The summed E-state index contributed by atoms with van der Waals surface area (Å²) in [5.41, 5.74) is 1.03. The van der Waals surface area contributed by atoms with Crippen LogP contribution in [0.15, 0.2) is 78.9 Å². The lowest BCUT2D eigenvalue weighted by Crippen LogP contribution is -2.31. The lowest BCUT2D eigenvalue weighted by Gasteiger charge is -2.19. The molecule has 1 aliphatic heterocycles. The zero-order valence-electron chi connectivity index (χ0n) is 20.1. The third kappa shape index (κ3) is 5.38. The highest BCUT2D eigenvalue weighted by Gasteiger charge is 2.48. The van der Waals surface area contributed by atoms with Crippen molar-refractivity contribution in [3.8, 4) is 11.5 Å². The summed E-state index contributed by atoms with van der Waals surface area (Å²) >= 11 is 0. The molecule has 188 valence electrons. The normalized spacial score (nSPS) is 18.8. The molecule has 0 spiro atoms. The van der Waals surface area contributed by atoms with Gasteiger partial charge in [-0.3, -0.25) is 19.3 Å². The summed E-state index contributed by atoms with van der Waals surface area (Å²) in [6.07, 6.45) is 3.30. The quantitative estimate of drug-likeness (QED) is 0.365. The molecule has 1 heterocycles. The first kappa shape index (κ1) is 24.2. The second kappa shape index (κ2) is 10.7. The van der Waals surface area contributed by atoms with Crippen LogP contribution in [-0.2, 0) is 19.1 Å². The predicted molar refractivity (Wildman–Crippen MR) is 136 cm³/mol. The van der Waals surface area contributed by atoms with Gasteiger partial charge in [-0.25, -0.2) is 4.79 Å². The van der Waals surface area contributed by atoms with Crippen molar-refractivity contribution in [1.82, 2.24) is 0 Å². The minimum Gasteiger partial charge on any atom is -0.457 e. The van der Waals surface area contributed by atoms with Crippen LogP contribution in [0.3, 0.4) is 0 Å². The number of anilines is 2. The lowest BCUT2D eigenvalue weighted by atomic mass is 9.81. The molecule has 0 unspecified atom stereocenters. The van der Waals surface area contributed by atoms with Gasteiger partial charge in [-0.1, -0.05) is 37.1 Å². The summed E-state index contributed by atoms with van der Waals surface area (Å²) < 4.78 is 10.9. The number of fused-ring (bicyclic) bond motifs is 1. The smallest absolute Gasteiger partial charge is 0.338 e. The number of benzene rings is 3. The third-order valence-electron chi connectivity index (χ3n) is 6.63. The van der Waals surface area contributed by atoms with Gasteiger partial charge in [0.25, 0.3) is 5.91 Å². The Kier molecular flexibility index (Phi) is 6.98. The van der Waals surface area contributed by atoms with E-state index in [4.69, 9.17) is 9.47 Å². The molecule has 8 heteroatoms. The molecule has 0 radical (unpaired) electrons. The van der Waals surface area contributed by atoms with Crippen molar-refractivity contribution in [2.75, 3.05) is 16.8 Å². The number of imide groups is 1. The van der Waals surface area contributed by atoms with Crippen LogP contribution in [0.2, 0.25) is 0 Å². The van der Waals surface area contributed by atoms with Crippen molar-refractivity contribution in [3.63, 3.8) is 0 Å². The van der Waals surface area contributed by atoms with E-state index < -0.39 is 18.5 Å². The average molecular weight is 499 g/mol. The molecule has 1 aliphatic carbocycles. The SMILES string of the molecule is O=C(COC(=O)c1cccc(N2C(=O)[C@H]3CCCC[C@@H]3C2=O)c1)Nc1ccc(Oc2ccccc2)cc1. The number of nitrogens with one attached hydrogen (secondary N) is 1. The molecule has 8 nitrogen and oxygen atoms in total. The van der Waals surface area contributed by atoms with Gasteiger partial charge in [0.2, 0.25) is 11.8 Å². The standard InChI is InChI=1S/C29H26N2O6/c32-26(30-20-13-15-23(16-14-20)37-22-9-2-1-3-10-22)18-36-29(35)19-7-6-8-21(17-19)31-27(33)24-11-4-5-12-25(24)28(31)34/h1-3,6-10,13-17,24-25H,4-5,11-12,18H2,(H,30,32)/t24-,25-/m0/s1. The Balaban J connectivity index is 1.16. The number of esters is 1. The minimum absolute atomic E-state index is 0.156. The third-order valence-corrected chi connectivity index (χ3v) is 6.63. The molecule has 1 saturated heterocycles. The van der Waals surface area contributed by atoms with Gasteiger partial charge in [0.05, 0.1) is 23.1 Å². The van der Waals surface area contributed by atoms with Gasteiger partial charge in [-0.2, -0.15) is 0 Å². The molecule has 2 aliphatic rings. The number of carbonyl (C=O) groups is 4. The Morgan fingerprint density at radius 1 is 0.811 bits per heavy atom. The fourth-order valence-electron chi connectivity index (χ4n) is 4.83. The molecule has 1 saturated carbocycles. The number of hydrogen-bond donors (Lipinski definition) is 1. The Morgan fingerprint density at radius 3 is 2.14 bits per heavy atom. The minimum atomic E-state index is -0.722. The van der Waals surface area contributed by atoms with Crippen molar-refractivity contribution < 1.29 is 28.7 Å². The molecule has 3 aromatic rings. The molecular weight excluding hydrogens is 472 g/mol. The number of rotatable bonds is 7. The highest BCUT2D eigenvalue weighted by atomic mass is 16.5. The molecule has 2 fully saturated rings. The van der Waals surface area contributed by atoms with Gasteiger partial charge < -0.3 is 14.8 Å². The number of para-hydroxylation sites is 1. The van der Waals surface area contributed by atoms with Crippen LogP contribution in [0.4, 0.5) is 11.4 Å². The van der Waals surface area contributed by atoms with Crippen LogP contribution in [0.5, 0.6) is 11.5 Å². The zero-order valence-corrected chi connectivity index (χ0v) is 20.1. The molecule has 0 aromatic heterocycles. The molecule has 3 amide bonds.